The number of carbonyl (C=O) groups excluding carboxylic acids is 1. The first-order chi connectivity index (χ1) is 10.9. The number of nitrogens with one attached hydrogen (secondary N) is 1. The van der Waals surface area contributed by atoms with Crippen molar-refractivity contribution in [1.29, 1.82) is 0 Å². The van der Waals surface area contributed by atoms with E-state index in [0.717, 1.165) is 17.4 Å². The highest BCUT2D eigenvalue weighted by molar-refractivity contribution is 7.98. The Bertz CT molecular complexity index is 653. The minimum Gasteiger partial charge on any atom is -0.352 e. The van der Waals surface area contributed by atoms with Gasteiger partial charge in [-0.2, -0.15) is 30.0 Å². The van der Waals surface area contributed by atoms with Gasteiger partial charge in [-0.1, -0.05) is 12.1 Å². The molecule has 0 spiro atoms. The topological polar surface area (TPSA) is 46.9 Å². The van der Waals surface area contributed by atoms with Crippen LogP contribution in [0.15, 0.2) is 36.5 Å². The van der Waals surface area contributed by atoms with Crippen molar-refractivity contribution in [2.45, 2.75) is 19.1 Å². The van der Waals surface area contributed by atoms with Gasteiger partial charge in [0.05, 0.1) is 5.69 Å². The Labute approximate surface area is 136 Å². The maximum Gasteiger partial charge on any atom is 0.435 e. The van der Waals surface area contributed by atoms with Crippen LogP contribution in [0.2, 0.25) is 0 Å². The number of thioether (sulfide) groups is 1. The molecule has 0 aliphatic heterocycles. The van der Waals surface area contributed by atoms with Crippen LogP contribution < -0.4 is 5.32 Å². The molecular formula is C15H16F3N3OS. The van der Waals surface area contributed by atoms with Crippen molar-refractivity contribution in [1.82, 2.24) is 15.1 Å². The smallest absolute Gasteiger partial charge is 0.352 e. The largest absolute Gasteiger partial charge is 0.435 e. The van der Waals surface area contributed by atoms with E-state index < -0.39 is 11.9 Å². The van der Waals surface area contributed by atoms with Crippen LogP contribution >= 0.6 is 11.8 Å². The van der Waals surface area contributed by atoms with Crippen molar-refractivity contribution in [3.63, 3.8) is 0 Å². The lowest BCUT2D eigenvalue weighted by molar-refractivity contribution is -0.141. The van der Waals surface area contributed by atoms with E-state index in [-0.39, 0.29) is 5.91 Å². The molecule has 1 amide bonds. The van der Waals surface area contributed by atoms with Crippen LogP contribution in [0.5, 0.6) is 0 Å². The van der Waals surface area contributed by atoms with Gasteiger partial charge in [-0.05, 0) is 30.0 Å². The van der Waals surface area contributed by atoms with Gasteiger partial charge in [0.1, 0.15) is 0 Å². The highest BCUT2D eigenvalue weighted by atomic mass is 32.2. The van der Waals surface area contributed by atoms with Gasteiger partial charge in [0.2, 0.25) is 5.91 Å². The molecule has 2 rings (SSSR count). The fourth-order valence-electron chi connectivity index (χ4n) is 1.87. The number of carbonyl (C=O) groups is 1. The van der Waals surface area contributed by atoms with Gasteiger partial charge >= 0.3 is 6.18 Å². The van der Waals surface area contributed by atoms with Gasteiger partial charge in [-0.25, -0.2) is 4.68 Å². The summed E-state index contributed by atoms with van der Waals surface area (Å²) in [6, 6.07) is 7.76. The Balaban J connectivity index is 1.97. The van der Waals surface area contributed by atoms with E-state index in [4.69, 9.17) is 0 Å². The standard InChI is InChI=1S/C15H16F3N3OS/c1-23-9-7-14(22)19-10-11-2-4-12(5-3-11)21-8-6-13(20-21)15(16,17)18/h2-6,8H,7,9-10H2,1H3,(H,19,22). The molecule has 1 heterocycles. The van der Waals surface area contributed by atoms with Crippen molar-refractivity contribution in [2.75, 3.05) is 12.0 Å². The first-order valence-electron chi connectivity index (χ1n) is 6.88. The lowest BCUT2D eigenvalue weighted by Crippen LogP contribution is -2.22. The van der Waals surface area contributed by atoms with E-state index in [0.29, 0.717) is 18.7 Å². The average Bonchev–Trinajstić information content (AvgIpc) is 3.01. The first-order valence-corrected chi connectivity index (χ1v) is 8.27. The summed E-state index contributed by atoms with van der Waals surface area (Å²) in [5.74, 6) is 0.747. The van der Waals surface area contributed by atoms with Crippen molar-refractivity contribution >= 4 is 17.7 Å². The van der Waals surface area contributed by atoms with E-state index in [1.165, 1.54) is 10.9 Å². The van der Waals surface area contributed by atoms with Crippen LogP contribution in [0, 0.1) is 0 Å². The van der Waals surface area contributed by atoms with Gasteiger partial charge in [0.15, 0.2) is 5.69 Å². The van der Waals surface area contributed by atoms with Crippen LogP contribution in [0.3, 0.4) is 0 Å². The SMILES string of the molecule is CSCCC(=O)NCc1ccc(-n2ccc(C(F)(F)F)n2)cc1. The summed E-state index contributed by atoms with van der Waals surface area (Å²) >= 11 is 1.60. The number of rotatable bonds is 6. The Morgan fingerprint density at radius 2 is 1.96 bits per heavy atom. The highest BCUT2D eigenvalue weighted by Gasteiger charge is 2.33. The molecule has 1 aromatic carbocycles. The van der Waals surface area contributed by atoms with E-state index in [9.17, 15) is 18.0 Å². The fourth-order valence-corrected chi connectivity index (χ4v) is 2.26. The maximum atomic E-state index is 12.5. The number of hydrogen-bond donors (Lipinski definition) is 1. The lowest BCUT2D eigenvalue weighted by atomic mass is 10.2. The van der Waals surface area contributed by atoms with Crippen LogP contribution in [-0.4, -0.2) is 27.7 Å². The van der Waals surface area contributed by atoms with Gasteiger partial charge in [-0.3, -0.25) is 4.79 Å². The third-order valence-electron chi connectivity index (χ3n) is 3.10. The molecule has 0 bridgehead atoms. The van der Waals surface area contributed by atoms with Crippen molar-refractivity contribution < 1.29 is 18.0 Å². The molecule has 1 aromatic heterocycles. The van der Waals surface area contributed by atoms with Crippen LogP contribution in [0.4, 0.5) is 13.2 Å². The third kappa shape index (κ3) is 5.02. The number of halogens is 3. The molecule has 0 unspecified atom stereocenters. The predicted octanol–water partition coefficient (Wildman–Crippen LogP) is 3.26. The summed E-state index contributed by atoms with van der Waals surface area (Å²) in [5.41, 5.74) is 0.468. The molecule has 0 aliphatic carbocycles. The summed E-state index contributed by atoms with van der Waals surface area (Å²) in [6.45, 7) is 0.389. The molecule has 0 radical (unpaired) electrons. The summed E-state index contributed by atoms with van der Waals surface area (Å²) in [5, 5.41) is 6.30. The van der Waals surface area contributed by atoms with Crippen molar-refractivity contribution in [3.8, 4) is 5.69 Å². The molecule has 0 atom stereocenters. The molecule has 8 heteroatoms. The number of alkyl halides is 3. The van der Waals surface area contributed by atoms with Crippen LogP contribution in [0.1, 0.15) is 17.7 Å². The van der Waals surface area contributed by atoms with E-state index >= 15 is 0 Å². The number of amides is 1. The second-order valence-electron chi connectivity index (χ2n) is 4.83. The lowest BCUT2D eigenvalue weighted by Gasteiger charge is -2.07. The summed E-state index contributed by atoms with van der Waals surface area (Å²) in [7, 11) is 0. The molecular weight excluding hydrogens is 327 g/mol. The molecule has 2 aromatic rings. The summed E-state index contributed by atoms with van der Waals surface area (Å²) in [4.78, 5) is 11.5. The number of hydrogen-bond acceptors (Lipinski definition) is 3. The molecule has 124 valence electrons. The Kier molecular flexibility index (Phi) is 5.70. The predicted molar refractivity (Wildman–Crippen MR) is 83.4 cm³/mol. The quantitative estimate of drug-likeness (QED) is 0.876. The van der Waals surface area contributed by atoms with Crippen molar-refractivity contribution in [2.24, 2.45) is 0 Å². The minimum atomic E-state index is -4.45. The zero-order chi connectivity index (χ0) is 16.9. The van der Waals surface area contributed by atoms with E-state index in [2.05, 4.69) is 10.4 Å². The Hall–Kier alpha value is -1.96. The van der Waals surface area contributed by atoms with Gasteiger partial charge in [0.25, 0.3) is 0 Å². The maximum absolute atomic E-state index is 12.5. The van der Waals surface area contributed by atoms with Gasteiger partial charge in [-0.15, -0.1) is 0 Å². The fraction of sp³-hybridized carbons (Fsp3) is 0.333. The number of nitrogens with zero attached hydrogens (tertiary/aromatic N) is 2. The second-order valence-corrected chi connectivity index (χ2v) is 5.81. The summed E-state index contributed by atoms with van der Waals surface area (Å²) in [6.07, 6.45) is -0.785. The van der Waals surface area contributed by atoms with E-state index in [1.54, 1.807) is 36.0 Å². The molecule has 4 nitrogen and oxygen atoms in total. The van der Waals surface area contributed by atoms with Crippen LogP contribution in [0.25, 0.3) is 5.69 Å². The minimum absolute atomic E-state index is 0.0229. The molecule has 0 saturated heterocycles. The second kappa shape index (κ2) is 7.54. The van der Waals surface area contributed by atoms with Gasteiger partial charge in [0, 0.05) is 24.9 Å². The normalized spacial score (nSPS) is 11.5. The highest BCUT2D eigenvalue weighted by Crippen LogP contribution is 2.27. The third-order valence-corrected chi connectivity index (χ3v) is 3.72. The van der Waals surface area contributed by atoms with Crippen LogP contribution in [-0.2, 0) is 17.5 Å². The monoisotopic (exact) mass is 343 g/mol. The van der Waals surface area contributed by atoms with Gasteiger partial charge < -0.3 is 5.32 Å². The molecule has 1 N–H and O–H groups in total. The molecule has 0 fully saturated rings. The zero-order valence-electron chi connectivity index (χ0n) is 12.4. The van der Waals surface area contributed by atoms with E-state index in [1.807, 2.05) is 6.26 Å². The molecule has 0 saturated carbocycles. The Morgan fingerprint density at radius 1 is 1.26 bits per heavy atom. The first kappa shape index (κ1) is 17.4. The Morgan fingerprint density at radius 3 is 2.52 bits per heavy atom. The number of aromatic nitrogens is 2. The molecule has 0 aliphatic rings. The summed E-state index contributed by atoms with van der Waals surface area (Å²) < 4.78 is 38.8. The average molecular weight is 343 g/mol. The zero-order valence-corrected chi connectivity index (χ0v) is 13.2. The van der Waals surface area contributed by atoms with Crippen molar-refractivity contribution in [3.05, 3.63) is 47.8 Å². The molecule has 23 heavy (non-hydrogen) atoms. The number of benzene rings is 1.